The second-order valence-electron chi connectivity index (χ2n) is 6.99. The average Bonchev–Trinajstić information content (AvgIpc) is 2.67. The number of ether oxygens (including phenoxy) is 2. The van der Waals surface area contributed by atoms with Crippen LogP contribution in [0.5, 0.6) is 11.5 Å². The van der Waals surface area contributed by atoms with Crippen LogP contribution in [0.4, 0.5) is 0 Å². The Labute approximate surface area is 158 Å². The first-order valence-corrected chi connectivity index (χ1v) is 8.88. The van der Waals surface area contributed by atoms with Gasteiger partial charge in [0.25, 0.3) is 0 Å². The van der Waals surface area contributed by atoms with E-state index in [4.69, 9.17) is 14.6 Å². The number of carboxylic acids is 1. The number of carbonyl (C=O) groups is 2. The lowest BCUT2D eigenvalue weighted by atomic mass is 9.83. The maximum absolute atomic E-state index is 12.7. The molecule has 1 aliphatic rings. The molecule has 3 rings (SSSR count). The van der Waals surface area contributed by atoms with Crippen LogP contribution in [-0.4, -0.2) is 36.7 Å². The molecule has 0 fully saturated rings. The van der Waals surface area contributed by atoms with Gasteiger partial charge in [0.1, 0.15) is 13.2 Å². The Balaban J connectivity index is 1.63. The highest BCUT2D eigenvalue weighted by Crippen LogP contribution is 2.35. The highest BCUT2D eigenvalue weighted by atomic mass is 16.6. The molecule has 142 valence electrons. The number of hydrogen-bond acceptors (Lipinski definition) is 4. The maximum Gasteiger partial charge on any atom is 0.335 e. The lowest BCUT2D eigenvalue weighted by molar-refractivity contribution is -0.125. The third-order valence-corrected chi connectivity index (χ3v) is 4.70. The summed E-state index contributed by atoms with van der Waals surface area (Å²) in [4.78, 5) is 23.8. The monoisotopic (exact) mass is 369 g/mol. The van der Waals surface area contributed by atoms with Gasteiger partial charge in [-0.05, 0) is 55.7 Å². The molecule has 1 aliphatic heterocycles. The van der Waals surface area contributed by atoms with Crippen LogP contribution in [0.15, 0.2) is 42.5 Å². The van der Waals surface area contributed by atoms with Gasteiger partial charge in [0.05, 0.1) is 11.0 Å². The number of carbonyl (C=O) groups excluding carboxylic acids is 1. The van der Waals surface area contributed by atoms with Gasteiger partial charge >= 0.3 is 5.97 Å². The molecule has 0 atom stereocenters. The fraction of sp³-hybridized carbons (Fsp3) is 0.333. The number of amides is 1. The Morgan fingerprint density at radius 1 is 1.07 bits per heavy atom. The van der Waals surface area contributed by atoms with E-state index in [9.17, 15) is 9.59 Å². The molecule has 2 aromatic carbocycles. The normalized spacial score (nSPS) is 13.1. The number of carboxylic acid groups (broad SMARTS) is 1. The van der Waals surface area contributed by atoms with Crippen LogP contribution in [-0.2, 0) is 16.6 Å². The molecule has 6 nitrogen and oxygen atoms in total. The fourth-order valence-electron chi connectivity index (χ4n) is 2.96. The van der Waals surface area contributed by atoms with Crippen LogP contribution in [0.2, 0.25) is 0 Å². The zero-order valence-corrected chi connectivity index (χ0v) is 15.5. The van der Waals surface area contributed by atoms with Crippen LogP contribution in [0, 0.1) is 0 Å². The molecule has 0 bridgehead atoms. The smallest absolute Gasteiger partial charge is 0.335 e. The lowest BCUT2D eigenvalue weighted by Crippen LogP contribution is -2.41. The summed E-state index contributed by atoms with van der Waals surface area (Å²) >= 11 is 0. The third kappa shape index (κ3) is 4.22. The molecule has 0 spiro atoms. The van der Waals surface area contributed by atoms with Crippen LogP contribution < -0.4 is 14.8 Å². The summed E-state index contributed by atoms with van der Waals surface area (Å²) in [5.74, 6) is 0.291. The van der Waals surface area contributed by atoms with E-state index in [0.717, 1.165) is 11.1 Å². The van der Waals surface area contributed by atoms with E-state index >= 15 is 0 Å². The highest BCUT2D eigenvalue weighted by Gasteiger charge is 2.30. The van der Waals surface area contributed by atoms with Crippen LogP contribution in [0.25, 0.3) is 0 Å². The molecule has 0 unspecified atom stereocenters. The van der Waals surface area contributed by atoms with E-state index in [1.54, 1.807) is 18.2 Å². The fourth-order valence-corrected chi connectivity index (χ4v) is 2.96. The lowest BCUT2D eigenvalue weighted by Gasteiger charge is -2.26. The third-order valence-electron chi connectivity index (χ3n) is 4.70. The number of aromatic carboxylic acids is 1. The number of benzene rings is 2. The number of rotatable bonds is 6. The second-order valence-corrected chi connectivity index (χ2v) is 6.99. The predicted molar refractivity (Wildman–Crippen MR) is 101 cm³/mol. The molecule has 2 aromatic rings. The second kappa shape index (κ2) is 7.70. The van der Waals surface area contributed by atoms with Crippen molar-refractivity contribution >= 4 is 11.9 Å². The van der Waals surface area contributed by atoms with E-state index in [0.29, 0.717) is 37.7 Å². The van der Waals surface area contributed by atoms with Gasteiger partial charge in [0.15, 0.2) is 11.5 Å². The van der Waals surface area contributed by atoms with Crippen molar-refractivity contribution in [2.24, 2.45) is 0 Å². The Morgan fingerprint density at radius 3 is 2.56 bits per heavy atom. The van der Waals surface area contributed by atoms with Crippen molar-refractivity contribution in [2.75, 3.05) is 19.8 Å². The van der Waals surface area contributed by atoms with E-state index < -0.39 is 11.4 Å². The molecule has 0 radical (unpaired) electrons. The highest BCUT2D eigenvalue weighted by molar-refractivity contribution is 5.88. The maximum atomic E-state index is 12.7. The van der Waals surface area contributed by atoms with Gasteiger partial charge in [0, 0.05) is 6.54 Å². The predicted octanol–water partition coefficient (Wildman–Crippen LogP) is 2.79. The molecule has 2 N–H and O–H groups in total. The molecule has 0 saturated carbocycles. The molecule has 0 aromatic heterocycles. The quantitative estimate of drug-likeness (QED) is 0.818. The topological polar surface area (TPSA) is 84.9 Å². The van der Waals surface area contributed by atoms with Crippen LogP contribution in [0.3, 0.4) is 0 Å². The van der Waals surface area contributed by atoms with Gasteiger partial charge < -0.3 is 19.9 Å². The summed E-state index contributed by atoms with van der Waals surface area (Å²) in [5, 5.41) is 12.0. The minimum Gasteiger partial charge on any atom is -0.486 e. The average molecular weight is 369 g/mol. The Bertz CT molecular complexity index is 859. The van der Waals surface area contributed by atoms with Crippen LogP contribution in [0.1, 0.15) is 35.3 Å². The van der Waals surface area contributed by atoms with Gasteiger partial charge in [-0.1, -0.05) is 18.2 Å². The van der Waals surface area contributed by atoms with Gasteiger partial charge in [-0.25, -0.2) is 4.79 Å². The Kier molecular flexibility index (Phi) is 5.35. The van der Waals surface area contributed by atoms with E-state index in [1.807, 2.05) is 38.1 Å². The van der Waals surface area contributed by atoms with Crippen molar-refractivity contribution in [1.29, 1.82) is 0 Å². The summed E-state index contributed by atoms with van der Waals surface area (Å²) in [7, 11) is 0. The largest absolute Gasteiger partial charge is 0.486 e. The standard InChI is InChI=1S/C21H23NO5/c1-21(2,16-6-7-17-18(13-16)27-11-10-26-17)20(25)22-9-8-14-4-3-5-15(12-14)19(23)24/h3-7,12-13H,8-11H2,1-2H3,(H,22,25)(H,23,24). The number of nitrogens with one attached hydrogen (secondary N) is 1. The van der Waals surface area contributed by atoms with Gasteiger partial charge in [-0.2, -0.15) is 0 Å². The zero-order valence-electron chi connectivity index (χ0n) is 15.5. The zero-order chi connectivity index (χ0) is 19.4. The summed E-state index contributed by atoms with van der Waals surface area (Å²) in [6, 6.07) is 12.3. The molecular weight excluding hydrogens is 346 g/mol. The van der Waals surface area contributed by atoms with E-state index in [1.165, 1.54) is 0 Å². The number of hydrogen-bond donors (Lipinski definition) is 2. The Hall–Kier alpha value is -3.02. The summed E-state index contributed by atoms with van der Waals surface area (Å²) < 4.78 is 11.1. The molecule has 1 amide bonds. The van der Waals surface area contributed by atoms with Crippen molar-refractivity contribution < 1.29 is 24.2 Å². The minimum atomic E-state index is -0.958. The molecule has 1 heterocycles. The molecular formula is C21H23NO5. The Morgan fingerprint density at radius 2 is 1.81 bits per heavy atom. The van der Waals surface area contributed by atoms with Crippen molar-refractivity contribution in [2.45, 2.75) is 25.7 Å². The molecule has 0 aliphatic carbocycles. The van der Waals surface area contributed by atoms with Gasteiger partial charge in [-0.15, -0.1) is 0 Å². The van der Waals surface area contributed by atoms with Gasteiger partial charge in [0.2, 0.25) is 5.91 Å². The van der Waals surface area contributed by atoms with Crippen molar-refractivity contribution in [3.05, 3.63) is 59.2 Å². The molecule has 27 heavy (non-hydrogen) atoms. The first kappa shape index (κ1) is 18.8. The van der Waals surface area contributed by atoms with Gasteiger partial charge in [-0.3, -0.25) is 4.79 Å². The van der Waals surface area contributed by atoms with E-state index in [-0.39, 0.29) is 11.5 Å². The van der Waals surface area contributed by atoms with E-state index in [2.05, 4.69) is 5.32 Å². The molecule has 6 heteroatoms. The minimum absolute atomic E-state index is 0.103. The SMILES string of the molecule is CC(C)(C(=O)NCCc1cccc(C(=O)O)c1)c1ccc2c(c1)OCCO2. The first-order chi connectivity index (χ1) is 12.9. The van der Waals surface area contributed by atoms with Crippen molar-refractivity contribution in [1.82, 2.24) is 5.32 Å². The van der Waals surface area contributed by atoms with Crippen molar-refractivity contribution in [3.8, 4) is 11.5 Å². The van der Waals surface area contributed by atoms with Crippen molar-refractivity contribution in [3.63, 3.8) is 0 Å². The summed E-state index contributed by atoms with van der Waals surface area (Å²) in [5.41, 5.74) is 1.22. The van der Waals surface area contributed by atoms with Crippen LogP contribution >= 0.6 is 0 Å². The summed E-state index contributed by atoms with van der Waals surface area (Å²) in [6.07, 6.45) is 0.560. The first-order valence-electron chi connectivity index (χ1n) is 8.88. The number of fused-ring (bicyclic) bond motifs is 1. The molecule has 0 saturated heterocycles. The summed E-state index contributed by atoms with van der Waals surface area (Å²) in [6.45, 7) is 5.17.